The highest BCUT2D eigenvalue weighted by Crippen LogP contribution is 2.68. The number of fused-ring (bicyclic) bond motifs is 3. The highest BCUT2D eigenvalue weighted by Gasteiger charge is 2.78. The molecule has 0 aromatic heterocycles. The van der Waals surface area contributed by atoms with E-state index in [1.165, 1.54) is 21.3 Å². The average molecular weight is 491 g/mol. The van der Waals surface area contributed by atoms with Crippen molar-refractivity contribution in [2.24, 2.45) is 5.92 Å². The van der Waals surface area contributed by atoms with Gasteiger partial charge in [0, 0.05) is 17.7 Å². The average Bonchev–Trinajstić information content (AvgIpc) is 3.30. The fourth-order valence-corrected chi connectivity index (χ4v) is 5.66. The number of aliphatic hydroxyl groups is 1. The smallest absolute Gasteiger partial charge is 0.317 e. The summed E-state index contributed by atoms with van der Waals surface area (Å²) in [7, 11) is 5.69. The van der Waals surface area contributed by atoms with Crippen LogP contribution in [0, 0.1) is 5.92 Å². The van der Waals surface area contributed by atoms with Gasteiger partial charge in [0.2, 0.25) is 5.60 Å². The zero-order valence-electron chi connectivity index (χ0n) is 20.3. The van der Waals surface area contributed by atoms with Gasteiger partial charge in [-0.3, -0.25) is 9.59 Å². The third-order valence-corrected chi connectivity index (χ3v) is 7.21. The number of rotatable bonds is 6. The van der Waals surface area contributed by atoms with E-state index in [1.54, 1.807) is 67.8 Å². The van der Waals surface area contributed by atoms with Gasteiger partial charge in [-0.05, 0) is 17.7 Å². The number of hydrogen-bond donors (Lipinski definition) is 1. The summed E-state index contributed by atoms with van der Waals surface area (Å²) in [6, 6.07) is 19.1. The number of methoxy groups -OCH3 is 4. The summed E-state index contributed by atoms with van der Waals surface area (Å²) >= 11 is 0. The Hall–Kier alpha value is -4.04. The van der Waals surface area contributed by atoms with Crippen molar-refractivity contribution in [3.8, 4) is 23.0 Å². The summed E-state index contributed by atoms with van der Waals surface area (Å²) in [6.45, 7) is 0. The number of carbonyl (C=O) groups is 2. The van der Waals surface area contributed by atoms with Crippen LogP contribution in [-0.2, 0) is 25.5 Å². The Labute approximate surface area is 208 Å². The molecule has 0 bridgehead atoms. The molecule has 0 unspecified atom stereocenters. The Bertz CT molecular complexity index is 1320. The van der Waals surface area contributed by atoms with E-state index < -0.39 is 34.8 Å². The van der Waals surface area contributed by atoms with Crippen molar-refractivity contribution in [1.82, 2.24) is 0 Å². The van der Waals surface area contributed by atoms with E-state index >= 15 is 0 Å². The Kier molecular flexibility index (Phi) is 5.64. The van der Waals surface area contributed by atoms with Crippen molar-refractivity contribution in [3.63, 3.8) is 0 Å². The molecule has 36 heavy (non-hydrogen) atoms. The van der Waals surface area contributed by atoms with E-state index in [2.05, 4.69) is 0 Å². The van der Waals surface area contributed by atoms with Crippen molar-refractivity contribution < 1.29 is 38.4 Å². The molecule has 5 rings (SSSR count). The summed E-state index contributed by atoms with van der Waals surface area (Å²) in [5.41, 5.74) is -2.76. The molecular formula is C28H26O8. The van der Waals surface area contributed by atoms with E-state index in [-0.39, 0.29) is 17.1 Å². The van der Waals surface area contributed by atoms with Crippen LogP contribution in [-0.4, -0.2) is 45.3 Å². The van der Waals surface area contributed by atoms with E-state index in [9.17, 15) is 14.7 Å². The van der Waals surface area contributed by atoms with Crippen molar-refractivity contribution in [3.05, 3.63) is 83.4 Å². The molecule has 1 N–H and O–H groups in total. The summed E-state index contributed by atoms with van der Waals surface area (Å²) in [5.74, 6) is -2.34. The molecule has 2 aliphatic rings. The number of ether oxygens (including phenoxy) is 5. The first-order chi connectivity index (χ1) is 17.4. The predicted octanol–water partition coefficient (Wildman–Crippen LogP) is 3.34. The van der Waals surface area contributed by atoms with E-state index in [0.29, 0.717) is 22.6 Å². The van der Waals surface area contributed by atoms with Crippen molar-refractivity contribution in [2.45, 2.75) is 17.1 Å². The van der Waals surface area contributed by atoms with Gasteiger partial charge in [0.25, 0.3) is 0 Å². The largest absolute Gasteiger partial charge is 0.497 e. The lowest BCUT2D eigenvalue weighted by molar-refractivity contribution is -0.155. The summed E-state index contributed by atoms with van der Waals surface area (Å²) in [4.78, 5) is 27.4. The molecule has 8 nitrogen and oxygen atoms in total. The summed E-state index contributed by atoms with van der Waals surface area (Å²) in [5, 5.41) is 12.6. The lowest BCUT2D eigenvalue weighted by atomic mass is 9.70. The standard InChI is InChI=1S/C28H26O8/c1-32-18-12-10-17(11-13-18)28-23(16-8-6-5-7-9-16)22(26(30)35-4)25(29)27(28,31)24-20(34-3)14-19(33-2)15-21(24)36-28/h5-15,22-23,31H,1-4H3/t22-,23+,27+,28+/m1/s1. The molecule has 1 aliphatic heterocycles. The van der Waals surface area contributed by atoms with Gasteiger partial charge in [0.1, 0.15) is 28.9 Å². The molecule has 4 atom stereocenters. The first-order valence-electron chi connectivity index (χ1n) is 11.4. The quantitative estimate of drug-likeness (QED) is 0.415. The van der Waals surface area contributed by atoms with Crippen molar-refractivity contribution >= 4 is 11.8 Å². The molecule has 8 heteroatoms. The van der Waals surface area contributed by atoms with Crippen LogP contribution in [0.3, 0.4) is 0 Å². The molecule has 3 aromatic carbocycles. The first-order valence-corrected chi connectivity index (χ1v) is 11.4. The molecule has 1 aliphatic carbocycles. The van der Waals surface area contributed by atoms with Crippen LogP contribution >= 0.6 is 0 Å². The molecule has 0 radical (unpaired) electrons. The second-order valence-corrected chi connectivity index (χ2v) is 8.73. The van der Waals surface area contributed by atoms with E-state index in [1.807, 2.05) is 6.07 Å². The lowest BCUT2D eigenvalue weighted by Crippen LogP contribution is -2.50. The maximum atomic E-state index is 14.2. The number of Topliss-reactive ketones (excluding diaryl/α,β-unsaturated/α-hetero) is 1. The number of esters is 1. The second kappa shape index (κ2) is 8.57. The molecule has 0 amide bonds. The van der Waals surface area contributed by atoms with Crippen molar-refractivity contribution in [1.29, 1.82) is 0 Å². The Morgan fingerprint density at radius 3 is 2.14 bits per heavy atom. The van der Waals surface area contributed by atoms with Gasteiger partial charge in [0.05, 0.1) is 39.9 Å². The number of carbonyl (C=O) groups excluding carboxylic acids is 2. The third-order valence-electron chi connectivity index (χ3n) is 7.21. The van der Waals surface area contributed by atoms with Crippen molar-refractivity contribution in [2.75, 3.05) is 28.4 Å². The molecule has 1 heterocycles. The normalized spacial score (nSPS) is 26.0. The minimum atomic E-state index is -2.28. The van der Waals surface area contributed by atoms with Crippen LogP contribution in [0.2, 0.25) is 0 Å². The molecule has 0 saturated heterocycles. The summed E-state index contributed by atoms with van der Waals surface area (Å²) in [6.07, 6.45) is 0. The van der Waals surface area contributed by atoms with Gasteiger partial charge in [-0.2, -0.15) is 0 Å². The zero-order valence-corrected chi connectivity index (χ0v) is 20.3. The van der Waals surface area contributed by atoms with Gasteiger partial charge in [-0.25, -0.2) is 0 Å². The van der Waals surface area contributed by atoms with Crippen LogP contribution in [0.1, 0.15) is 22.6 Å². The topological polar surface area (TPSA) is 101 Å². The van der Waals surface area contributed by atoms with E-state index in [0.717, 1.165) is 0 Å². The second-order valence-electron chi connectivity index (χ2n) is 8.73. The minimum absolute atomic E-state index is 0.138. The maximum Gasteiger partial charge on any atom is 0.317 e. The van der Waals surface area contributed by atoms with Crippen LogP contribution in [0.4, 0.5) is 0 Å². The van der Waals surface area contributed by atoms with Gasteiger partial charge in [0.15, 0.2) is 11.4 Å². The fraction of sp³-hybridized carbons (Fsp3) is 0.286. The van der Waals surface area contributed by atoms with Gasteiger partial charge < -0.3 is 28.8 Å². The van der Waals surface area contributed by atoms with Crippen LogP contribution in [0.5, 0.6) is 23.0 Å². The third kappa shape index (κ3) is 2.97. The van der Waals surface area contributed by atoms with Gasteiger partial charge in [-0.1, -0.05) is 42.5 Å². The molecular weight excluding hydrogens is 464 g/mol. The highest BCUT2D eigenvalue weighted by molar-refractivity contribution is 6.10. The molecule has 0 spiro atoms. The Balaban J connectivity index is 1.89. The molecule has 3 aromatic rings. The first kappa shape index (κ1) is 23.7. The SMILES string of the molecule is COC(=O)[C@H]1C(=O)[C@@]2(O)c3c(OC)cc(OC)cc3O[C@@]2(c2ccc(OC)cc2)[C@H]1c1ccccc1. The zero-order chi connectivity index (χ0) is 25.7. The highest BCUT2D eigenvalue weighted by atomic mass is 16.5. The lowest BCUT2D eigenvalue weighted by Gasteiger charge is -2.39. The van der Waals surface area contributed by atoms with E-state index in [4.69, 9.17) is 23.7 Å². The maximum absolute atomic E-state index is 14.2. The Morgan fingerprint density at radius 1 is 0.889 bits per heavy atom. The monoisotopic (exact) mass is 490 g/mol. The number of hydrogen-bond acceptors (Lipinski definition) is 8. The Morgan fingerprint density at radius 2 is 1.56 bits per heavy atom. The molecule has 1 saturated carbocycles. The summed E-state index contributed by atoms with van der Waals surface area (Å²) < 4.78 is 28.0. The van der Waals surface area contributed by atoms with Crippen LogP contribution in [0.15, 0.2) is 66.7 Å². The predicted molar refractivity (Wildman–Crippen MR) is 128 cm³/mol. The van der Waals surface area contributed by atoms with Crippen LogP contribution in [0.25, 0.3) is 0 Å². The fourth-order valence-electron chi connectivity index (χ4n) is 5.66. The van der Waals surface area contributed by atoms with Gasteiger partial charge >= 0.3 is 5.97 Å². The van der Waals surface area contributed by atoms with Crippen LogP contribution < -0.4 is 18.9 Å². The minimum Gasteiger partial charge on any atom is -0.497 e. The number of ketones is 1. The molecule has 186 valence electrons. The number of benzene rings is 3. The molecule has 1 fully saturated rings. The van der Waals surface area contributed by atoms with Gasteiger partial charge in [-0.15, -0.1) is 0 Å².